The maximum absolute atomic E-state index is 12.6. The fraction of sp³-hybridized carbons (Fsp3) is 0.158. The summed E-state index contributed by atoms with van der Waals surface area (Å²) < 4.78 is 0.466. The number of pyridine rings is 1. The van der Waals surface area contributed by atoms with Gasteiger partial charge in [-0.2, -0.15) is 0 Å². The summed E-state index contributed by atoms with van der Waals surface area (Å²) in [5.41, 5.74) is 3.46. The predicted octanol–water partition coefficient (Wildman–Crippen LogP) is 5.62. The van der Waals surface area contributed by atoms with Crippen LogP contribution in [0.25, 0.3) is 10.9 Å². The molecule has 1 aromatic heterocycles. The quantitative estimate of drug-likeness (QED) is 0.593. The van der Waals surface area contributed by atoms with E-state index in [1.165, 1.54) is 17.1 Å². The van der Waals surface area contributed by atoms with Gasteiger partial charge in [-0.05, 0) is 48.0 Å². The van der Waals surface area contributed by atoms with Crippen molar-refractivity contribution in [3.8, 4) is 0 Å². The van der Waals surface area contributed by atoms with Crippen molar-refractivity contribution in [3.63, 3.8) is 0 Å². The van der Waals surface area contributed by atoms with Gasteiger partial charge in [0.15, 0.2) is 0 Å². The number of rotatable bonds is 3. The molecule has 126 valence electrons. The van der Waals surface area contributed by atoms with Crippen LogP contribution in [0.3, 0.4) is 0 Å². The molecule has 2 heterocycles. The van der Waals surface area contributed by atoms with Crippen LogP contribution in [-0.4, -0.2) is 22.4 Å². The van der Waals surface area contributed by atoms with Crippen LogP contribution in [0.15, 0.2) is 54.6 Å². The molecule has 6 heteroatoms. The van der Waals surface area contributed by atoms with Crippen molar-refractivity contribution >= 4 is 57.6 Å². The Hall–Kier alpha value is -1.69. The van der Waals surface area contributed by atoms with Crippen molar-refractivity contribution in [1.29, 1.82) is 0 Å². The maximum atomic E-state index is 12.6. The average molecular weight is 387 g/mol. The van der Waals surface area contributed by atoms with Crippen molar-refractivity contribution < 1.29 is 4.79 Å². The number of aromatic nitrogens is 1. The Bertz CT molecular complexity index is 942. The van der Waals surface area contributed by atoms with E-state index in [9.17, 15) is 4.79 Å². The number of benzene rings is 2. The fourth-order valence-corrected chi connectivity index (χ4v) is 5.75. The molecule has 0 unspecified atom stereocenters. The maximum Gasteiger partial charge on any atom is 0.255 e. The Balaban J connectivity index is 1.55. The largest absolute Gasteiger partial charge is 0.322 e. The van der Waals surface area contributed by atoms with Crippen molar-refractivity contribution in [2.45, 2.75) is 4.58 Å². The number of nitrogens with one attached hydrogen (secondary N) is 1. The molecule has 1 amide bonds. The molecule has 3 nitrogen and oxygen atoms in total. The molecule has 4 rings (SSSR count). The molecule has 1 aliphatic heterocycles. The molecule has 0 saturated carbocycles. The van der Waals surface area contributed by atoms with Crippen LogP contribution in [0.5, 0.6) is 0 Å². The molecule has 0 spiro atoms. The van der Waals surface area contributed by atoms with Gasteiger partial charge in [-0.25, -0.2) is 4.98 Å². The second-order valence-electron chi connectivity index (χ2n) is 5.69. The zero-order chi connectivity index (χ0) is 17.2. The lowest BCUT2D eigenvalue weighted by atomic mass is 10.1. The monoisotopic (exact) mass is 386 g/mol. The topological polar surface area (TPSA) is 42.0 Å². The molecule has 1 saturated heterocycles. The minimum atomic E-state index is -0.124. The summed E-state index contributed by atoms with van der Waals surface area (Å²) >= 11 is 9.81. The first-order valence-electron chi connectivity index (χ1n) is 7.90. The Kier molecular flexibility index (Phi) is 4.88. The third-order valence-corrected chi connectivity index (χ3v) is 7.27. The molecule has 0 aliphatic carbocycles. The van der Waals surface area contributed by atoms with Crippen LogP contribution in [0.1, 0.15) is 20.5 Å². The molecule has 2 aromatic carbocycles. The molecule has 1 fully saturated rings. The zero-order valence-corrected chi connectivity index (χ0v) is 15.6. The lowest BCUT2D eigenvalue weighted by Gasteiger charge is -2.11. The Morgan fingerprint density at radius 3 is 2.76 bits per heavy atom. The van der Waals surface area contributed by atoms with E-state index in [2.05, 4.69) is 22.4 Å². The molecule has 25 heavy (non-hydrogen) atoms. The lowest BCUT2D eigenvalue weighted by molar-refractivity contribution is 0.102. The second kappa shape index (κ2) is 7.28. The van der Waals surface area contributed by atoms with E-state index in [0.717, 1.165) is 16.6 Å². The molecule has 1 aliphatic rings. The van der Waals surface area contributed by atoms with Gasteiger partial charge in [0, 0.05) is 28.1 Å². The van der Waals surface area contributed by atoms with E-state index in [1.807, 2.05) is 53.9 Å². The van der Waals surface area contributed by atoms with E-state index in [1.54, 1.807) is 12.1 Å². The summed E-state index contributed by atoms with van der Waals surface area (Å²) in [6, 6.07) is 17.1. The van der Waals surface area contributed by atoms with Gasteiger partial charge in [-0.15, -0.1) is 23.5 Å². The number of hydrogen-bond donors (Lipinski definition) is 1. The van der Waals surface area contributed by atoms with Crippen molar-refractivity contribution in [1.82, 2.24) is 4.98 Å². The molecular formula is C19H15ClN2OS2. The highest BCUT2D eigenvalue weighted by Crippen LogP contribution is 2.45. The van der Waals surface area contributed by atoms with Crippen LogP contribution < -0.4 is 5.32 Å². The van der Waals surface area contributed by atoms with E-state index >= 15 is 0 Å². The summed E-state index contributed by atoms with van der Waals surface area (Å²) in [4.78, 5) is 16.8. The first kappa shape index (κ1) is 16.8. The lowest BCUT2D eigenvalue weighted by Crippen LogP contribution is -2.12. The van der Waals surface area contributed by atoms with Gasteiger partial charge >= 0.3 is 0 Å². The normalized spacial score (nSPS) is 14.8. The van der Waals surface area contributed by atoms with Crippen LogP contribution in [0.4, 0.5) is 5.69 Å². The Morgan fingerprint density at radius 1 is 1.08 bits per heavy atom. The van der Waals surface area contributed by atoms with Gasteiger partial charge in [-0.1, -0.05) is 23.7 Å². The third kappa shape index (κ3) is 3.78. The van der Waals surface area contributed by atoms with E-state index in [4.69, 9.17) is 11.6 Å². The number of carbonyl (C=O) groups excluding carboxylic acids is 1. The molecule has 0 bridgehead atoms. The third-order valence-electron chi connectivity index (χ3n) is 3.96. The number of anilines is 1. The van der Waals surface area contributed by atoms with Gasteiger partial charge in [0.2, 0.25) is 0 Å². The number of halogens is 1. The summed E-state index contributed by atoms with van der Waals surface area (Å²) in [5, 5.41) is 4.34. The van der Waals surface area contributed by atoms with Gasteiger partial charge in [0.25, 0.3) is 5.91 Å². The second-order valence-corrected chi connectivity index (χ2v) is 8.81. The SMILES string of the molecule is O=C(Nc1cccc(C2SCCS2)c1)c1ccc2nc(Cl)ccc2c1. The zero-order valence-electron chi connectivity index (χ0n) is 13.2. The molecular weight excluding hydrogens is 372 g/mol. The fourth-order valence-electron chi connectivity index (χ4n) is 2.76. The summed E-state index contributed by atoms with van der Waals surface area (Å²) in [6.07, 6.45) is 0. The van der Waals surface area contributed by atoms with E-state index in [-0.39, 0.29) is 5.91 Å². The van der Waals surface area contributed by atoms with Crippen LogP contribution in [0, 0.1) is 0 Å². The number of nitrogens with zero attached hydrogens (tertiary/aromatic N) is 1. The molecule has 0 atom stereocenters. The number of amides is 1. The Labute approximate surface area is 159 Å². The van der Waals surface area contributed by atoms with Crippen LogP contribution in [-0.2, 0) is 0 Å². The van der Waals surface area contributed by atoms with Crippen LogP contribution in [0.2, 0.25) is 5.15 Å². The number of fused-ring (bicyclic) bond motifs is 1. The molecule has 1 N–H and O–H groups in total. The van der Waals surface area contributed by atoms with Gasteiger partial charge < -0.3 is 5.32 Å². The predicted molar refractivity (Wildman–Crippen MR) is 109 cm³/mol. The minimum Gasteiger partial charge on any atom is -0.322 e. The van der Waals surface area contributed by atoms with Crippen molar-refractivity contribution in [3.05, 3.63) is 70.9 Å². The first-order chi connectivity index (χ1) is 12.2. The number of thioether (sulfide) groups is 2. The van der Waals surface area contributed by atoms with Crippen LogP contribution >= 0.6 is 35.1 Å². The average Bonchev–Trinajstić information content (AvgIpc) is 3.16. The van der Waals surface area contributed by atoms with Gasteiger partial charge in [0.05, 0.1) is 10.1 Å². The van der Waals surface area contributed by atoms with E-state index in [0.29, 0.717) is 15.3 Å². The van der Waals surface area contributed by atoms with Crippen molar-refractivity contribution in [2.75, 3.05) is 16.8 Å². The van der Waals surface area contributed by atoms with E-state index < -0.39 is 0 Å². The van der Waals surface area contributed by atoms with Gasteiger partial charge in [-0.3, -0.25) is 4.79 Å². The first-order valence-corrected chi connectivity index (χ1v) is 10.4. The summed E-state index contributed by atoms with van der Waals surface area (Å²) in [5.74, 6) is 2.24. The summed E-state index contributed by atoms with van der Waals surface area (Å²) in [7, 11) is 0. The molecule has 3 aromatic rings. The highest BCUT2D eigenvalue weighted by Gasteiger charge is 2.18. The molecule has 0 radical (unpaired) electrons. The smallest absolute Gasteiger partial charge is 0.255 e. The highest BCUT2D eigenvalue weighted by atomic mass is 35.5. The minimum absolute atomic E-state index is 0.124. The number of carbonyl (C=O) groups is 1. The van der Waals surface area contributed by atoms with Crippen molar-refractivity contribution in [2.24, 2.45) is 0 Å². The number of hydrogen-bond acceptors (Lipinski definition) is 4. The summed E-state index contributed by atoms with van der Waals surface area (Å²) in [6.45, 7) is 0. The van der Waals surface area contributed by atoms with Gasteiger partial charge in [0.1, 0.15) is 5.15 Å². The Morgan fingerprint density at radius 2 is 1.92 bits per heavy atom. The highest BCUT2D eigenvalue weighted by molar-refractivity contribution is 8.19. The standard InChI is InChI=1S/C19H15ClN2OS2/c20-17-7-5-12-10-13(4-6-16(12)22-17)18(23)21-15-3-1-2-14(11-15)19-24-8-9-25-19/h1-7,10-11,19H,8-9H2,(H,21,23).